The normalized spacial score (nSPS) is 16.9. The van der Waals surface area contributed by atoms with E-state index in [2.05, 4.69) is 25.3 Å². The number of aryl methyl sites for hydroxylation is 1. The van der Waals surface area contributed by atoms with Gasteiger partial charge in [-0.1, -0.05) is 17.7 Å². The highest BCUT2D eigenvalue weighted by Gasteiger charge is 2.21. The van der Waals surface area contributed by atoms with Crippen molar-refractivity contribution in [3.05, 3.63) is 29.3 Å². The lowest BCUT2D eigenvalue weighted by atomic mass is 10.1. The van der Waals surface area contributed by atoms with Crippen LogP contribution in [-0.4, -0.2) is 70.1 Å². The van der Waals surface area contributed by atoms with Crippen molar-refractivity contribution >= 4 is 39.8 Å². The molecule has 1 aromatic carbocycles. The second kappa shape index (κ2) is 12.5. The zero-order chi connectivity index (χ0) is 20.6. The first-order valence-corrected chi connectivity index (χ1v) is 11.1. The summed E-state index contributed by atoms with van der Waals surface area (Å²) in [7, 11) is -2.88. The highest BCUT2D eigenvalue weighted by atomic mass is 127. The Balaban J connectivity index is 0.00000420. The first-order valence-electron chi connectivity index (χ1n) is 9.28. The number of hydrogen-bond acceptors (Lipinski definition) is 5. The molecule has 0 atom stereocenters. The Kier molecular flexibility index (Phi) is 11.1. The number of guanidine groups is 1. The number of halogens is 3. The summed E-state index contributed by atoms with van der Waals surface area (Å²) in [5.74, 6) is 1.08. The third kappa shape index (κ3) is 9.43. The molecule has 1 saturated heterocycles. The van der Waals surface area contributed by atoms with E-state index in [-0.39, 0.29) is 47.8 Å². The number of sulfone groups is 1. The van der Waals surface area contributed by atoms with Gasteiger partial charge in [-0.15, -0.1) is 24.0 Å². The number of nitrogens with zero attached hydrogens (tertiary/aromatic N) is 2. The molecule has 0 aliphatic carbocycles. The number of ether oxygens (including phenoxy) is 1. The lowest BCUT2D eigenvalue weighted by molar-refractivity contribution is -0.0504. The molecule has 0 amide bonds. The van der Waals surface area contributed by atoms with Crippen LogP contribution < -0.4 is 15.4 Å². The minimum absolute atomic E-state index is 0. The minimum Gasteiger partial charge on any atom is -0.434 e. The van der Waals surface area contributed by atoms with E-state index in [4.69, 9.17) is 0 Å². The van der Waals surface area contributed by atoms with Crippen LogP contribution in [0.3, 0.4) is 0 Å². The van der Waals surface area contributed by atoms with Crippen LogP contribution in [-0.2, 0) is 16.4 Å². The molecule has 29 heavy (non-hydrogen) atoms. The molecular formula is C18H29F2IN4O3S. The van der Waals surface area contributed by atoms with Gasteiger partial charge in [0.2, 0.25) is 0 Å². The molecule has 7 nitrogen and oxygen atoms in total. The molecule has 1 aromatic rings. The fourth-order valence-electron chi connectivity index (χ4n) is 2.85. The molecule has 0 aromatic heterocycles. The van der Waals surface area contributed by atoms with E-state index >= 15 is 0 Å². The third-order valence-electron chi connectivity index (χ3n) is 4.34. The summed E-state index contributed by atoms with van der Waals surface area (Å²) in [6.45, 7) is 4.15. The van der Waals surface area contributed by atoms with Gasteiger partial charge in [-0.05, 0) is 19.9 Å². The molecule has 1 fully saturated rings. The highest BCUT2D eigenvalue weighted by molar-refractivity contribution is 14.0. The molecule has 0 saturated carbocycles. The Hall–Kier alpha value is -1.21. The smallest absolute Gasteiger partial charge is 0.387 e. The minimum atomic E-state index is -2.88. The van der Waals surface area contributed by atoms with Gasteiger partial charge in [0.05, 0.1) is 18.1 Å². The number of benzene rings is 1. The average Bonchev–Trinajstić information content (AvgIpc) is 2.62. The highest BCUT2D eigenvalue weighted by Crippen LogP contribution is 2.22. The molecule has 166 valence electrons. The standard InChI is InChI=1S/C18H28F2N4O3S.HI/c1-3-21-18(22-6-7-24-8-10-28(25,26)11-9-24)23-13-15-12-14(2)4-5-16(15)27-17(19)20;/h4-5,12,17H,3,6-11,13H2,1-2H3,(H2,21,22,23);1H. The Morgan fingerprint density at radius 1 is 1.28 bits per heavy atom. The van der Waals surface area contributed by atoms with E-state index in [0.717, 1.165) is 5.56 Å². The van der Waals surface area contributed by atoms with Crippen molar-refractivity contribution in [1.29, 1.82) is 0 Å². The van der Waals surface area contributed by atoms with Crippen molar-refractivity contribution in [3.8, 4) is 5.75 Å². The fraction of sp³-hybridized carbons (Fsp3) is 0.611. The van der Waals surface area contributed by atoms with Crippen LogP contribution in [0.15, 0.2) is 23.2 Å². The molecule has 1 aliphatic rings. The van der Waals surface area contributed by atoms with Gasteiger partial charge in [-0.25, -0.2) is 13.4 Å². The van der Waals surface area contributed by atoms with Crippen LogP contribution in [0.5, 0.6) is 5.75 Å². The summed E-state index contributed by atoms with van der Waals surface area (Å²) < 4.78 is 52.7. The molecule has 1 heterocycles. The van der Waals surface area contributed by atoms with E-state index in [1.807, 2.05) is 13.8 Å². The fourth-order valence-corrected chi connectivity index (χ4v) is 4.13. The molecule has 2 N–H and O–H groups in total. The number of alkyl halides is 2. The van der Waals surface area contributed by atoms with Crippen molar-refractivity contribution < 1.29 is 21.9 Å². The van der Waals surface area contributed by atoms with Crippen LogP contribution >= 0.6 is 24.0 Å². The number of nitrogens with one attached hydrogen (secondary N) is 2. The Bertz CT molecular complexity index is 764. The number of aliphatic imine (C=N–C) groups is 1. The number of rotatable bonds is 8. The van der Waals surface area contributed by atoms with Crippen LogP contribution in [0.4, 0.5) is 8.78 Å². The number of hydrogen-bond donors (Lipinski definition) is 2. The SMILES string of the molecule is CCNC(=NCc1cc(C)ccc1OC(F)F)NCCN1CCS(=O)(=O)CC1.I. The van der Waals surface area contributed by atoms with E-state index in [1.165, 1.54) is 6.07 Å². The largest absolute Gasteiger partial charge is 0.434 e. The van der Waals surface area contributed by atoms with Crippen LogP contribution in [0.2, 0.25) is 0 Å². The van der Waals surface area contributed by atoms with Crippen molar-refractivity contribution in [2.45, 2.75) is 27.0 Å². The van der Waals surface area contributed by atoms with E-state index in [0.29, 0.717) is 44.2 Å². The van der Waals surface area contributed by atoms with Crippen molar-refractivity contribution in [3.63, 3.8) is 0 Å². The van der Waals surface area contributed by atoms with Crippen LogP contribution in [0.25, 0.3) is 0 Å². The first-order chi connectivity index (χ1) is 13.3. The van der Waals surface area contributed by atoms with Crippen LogP contribution in [0, 0.1) is 6.92 Å². The zero-order valence-corrected chi connectivity index (χ0v) is 19.8. The second-order valence-electron chi connectivity index (χ2n) is 6.61. The van der Waals surface area contributed by atoms with Crippen molar-refractivity contribution in [2.24, 2.45) is 4.99 Å². The maximum atomic E-state index is 12.6. The predicted molar refractivity (Wildman–Crippen MR) is 121 cm³/mol. The second-order valence-corrected chi connectivity index (χ2v) is 8.91. The van der Waals surface area contributed by atoms with Gasteiger partial charge in [0.25, 0.3) is 0 Å². The summed E-state index contributed by atoms with van der Waals surface area (Å²) >= 11 is 0. The third-order valence-corrected chi connectivity index (χ3v) is 5.95. The predicted octanol–water partition coefficient (Wildman–Crippen LogP) is 2.00. The summed E-state index contributed by atoms with van der Waals surface area (Å²) in [4.78, 5) is 6.54. The average molecular weight is 546 g/mol. The van der Waals surface area contributed by atoms with Gasteiger partial charge in [-0.3, -0.25) is 4.90 Å². The Labute approximate surface area is 188 Å². The lowest BCUT2D eigenvalue weighted by Gasteiger charge is -2.26. The lowest BCUT2D eigenvalue weighted by Crippen LogP contribution is -2.45. The van der Waals surface area contributed by atoms with E-state index in [9.17, 15) is 17.2 Å². The molecule has 0 bridgehead atoms. The van der Waals surface area contributed by atoms with E-state index in [1.54, 1.807) is 12.1 Å². The van der Waals surface area contributed by atoms with Crippen LogP contribution in [0.1, 0.15) is 18.1 Å². The summed E-state index contributed by atoms with van der Waals surface area (Å²) in [5.41, 5.74) is 1.52. The molecule has 0 spiro atoms. The molecule has 1 aliphatic heterocycles. The van der Waals surface area contributed by atoms with E-state index < -0.39 is 16.4 Å². The molecule has 2 rings (SSSR count). The molecule has 11 heteroatoms. The molecular weight excluding hydrogens is 517 g/mol. The monoisotopic (exact) mass is 546 g/mol. The van der Waals surface area contributed by atoms with Gasteiger partial charge < -0.3 is 15.4 Å². The topological polar surface area (TPSA) is 83.0 Å². The summed E-state index contributed by atoms with van der Waals surface area (Å²) in [5, 5.41) is 6.31. The van der Waals surface area contributed by atoms with Gasteiger partial charge >= 0.3 is 6.61 Å². The zero-order valence-electron chi connectivity index (χ0n) is 16.7. The Morgan fingerprint density at radius 3 is 2.59 bits per heavy atom. The van der Waals surface area contributed by atoms with Crippen molar-refractivity contribution in [2.75, 3.05) is 44.2 Å². The van der Waals surface area contributed by atoms with Crippen molar-refractivity contribution in [1.82, 2.24) is 15.5 Å². The maximum Gasteiger partial charge on any atom is 0.387 e. The summed E-state index contributed by atoms with van der Waals surface area (Å²) in [6, 6.07) is 5.02. The first kappa shape index (κ1) is 25.8. The van der Waals surface area contributed by atoms with Gasteiger partial charge in [0.15, 0.2) is 15.8 Å². The van der Waals surface area contributed by atoms with Gasteiger partial charge in [-0.2, -0.15) is 8.78 Å². The van der Waals surface area contributed by atoms with Gasteiger partial charge in [0, 0.05) is 38.3 Å². The maximum absolute atomic E-state index is 12.6. The Morgan fingerprint density at radius 2 is 1.97 bits per heavy atom. The van der Waals surface area contributed by atoms with Gasteiger partial charge in [0.1, 0.15) is 5.75 Å². The quantitative estimate of drug-likeness (QED) is 0.295. The summed E-state index contributed by atoms with van der Waals surface area (Å²) in [6.07, 6.45) is 0. The molecule has 0 unspecified atom stereocenters. The molecule has 0 radical (unpaired) electrons.